The normalized spacial score (nSPS) is 10.2. The lowest BCUT2D eigenvalue weighted by molar-refractivity contribution is 0.0590. The molecule has 0 bridgehead atoms. The maximum atomic E-state index is 12.1. The minimum absolute atomic E-state index is 0.392. The van der Waals surface area contributed by atoms with Gasteiger partial charge in [-0.3, -0.25) is 0 Å². The van der Waals surface area contributed by atoms with E-state index in [0.29, 0.717) is 33.8 Å². The second-order valence-electron chi connectivity index (χ2n) is 5.68. The molecule has 26 heavy (non-hydrogen) atoms. The van der Waals surface area contributed by atoms with Crippen LogP contribution in [0.25, 0.3) is 11.1 Å². The number of ether oxygens (including phenoxy) is 4. The molecule has 0 fully saturated rings. The Hall–Kier alpha value is -3.02. The lowest BCUT2D eigenvalue weighted by Crippen LogP contribution is -2.08. The van der Waals surface area contributed by atoms with Crippen molar-refractivity contribution in [1.29, 1.82) is 0 Å². The summed E-state index contributed by atoms with van der Waals surface area (Å²) in [6.45, 7) is 3.63. The van der Waals surface area contributed by atoms with Gasteiger partial charge in [-0.2, -0.15) is 0 Å². The quantitative estimate of drug-likeness (QED) is 0.761. The molecule has 0 N–H and O–H groups in total. The van der Waals surface area contributed by atoms with Crippen LogP contribution >= 0.6 is 0 Å². The molecule has 0 unspecified atom stereocenters. The molecule has 0 aromatic heterocycles. The van der Waals surface area contributed by atoms with Gasteiger partial charge in [0.25, 0.3) is 0 Å². The third-order valence-corrected chi connectivity index (χ3v) is 4.33. The molecule has 0 amide bonds. The molecule has 6 nitrogen and oxygen atoms in total. The van der Waals surface area contributed by atoms with Crippen molar-refractivity contribution in [2.75, 3.05) is 28.4 Å². The van der Waals surface area contributed by atoms with Gasteiger partial charge in [0.15, 0.2) is 0 Å². The fraction of sp³-hybridized carbons (Fsp3) is 0.300. The van der Waals surface area contributed by atoms with Gasteiger partial charge in [-0.1, -0.05) is 0 Å². The van der Waals surface area contributed by atoms with Crippen molar-refractivity contribution in [1.82, 2.24) is 0 Å². The Morgan fingerprint density at radius 2 is 1.00 bits per heavy atom. The molecule has 6 heteroatoms. The van der Waals surface area contributed by atoms with Gasteiger partial charge < -0.3 is 18.9 Å². The van der Waals surface area contributed by atoms with Gasteiger partial charge in [-0.25, -0.2) is 9.59 Å². The van der Waals surface area contributed by atoms with E-state index in [2.05, 4.69) is 0 Å². The molecule has 0 aliphatic rings. The molecule has 2 rings (SSSR count). The number of hydrogen-bond donors (Lipinski definition) is 0. The van der Waals surface area contributed by atoms with Crippen molar-refractivity contribution < 1.29 is 28.5 Å². The topological polar surface area (TPSA) is 71.1 Å². The van der Waals surface area contributed by atoms with E-state index in [9.17, 15) is 9.59 Å². The third-order valence-electron chi connectivity index (χ3n) is 4.33. The molecule has 0 saturated carbocycles. The average Bonchev–Trinajstić information content (AvgIpc) is 2.67. The van der Waals surface area contributed by atoms with E-state index in [1.54, 1.807) is 12.1 Å². The van der Waals surface area contributed by atoms with Crippen LogP contribution < -0.4 is 9.47 Å². The van der Waals surface area contributed by atoms with Crippen LogP contribution in [0.1, 0.15) is 31.8 Å². The Labute approximate surface area is 152 Å². The summed E-state index contributed by atoms with van der Waals surface area (Å²) in [5, 5.41) is 0. The van der Waals surface area contributed by atoms with Crippen LogP contribution in [0, 0.1) is 13.8 Å². The molecule has 2 aromatic rings. The van der Waals surface area contributed by atoms with Gasteiger partial charge in [0.1, 0.15) is 11.5 Å². The van der Waals surface area contributed by atoms with Crippen LogP contribution in [0.2, 0.25) is 0 Å². The smallest absolute Gasteiger partial charge is 0.338 e. The van der Waals surface area contributed by atoms with Crippen molar-refractivity contribution in [3.8, 4) is 22.6 Å². The van der Waals surface area contributed by atoms with E-state index in [-0.39, 0.29) is 0 Å². The van der Waals surface area contributed by atoms with Crippen LogP contribution in [0.3, 0.4) is 0 Å². The van der Waals surface area contributed by atoms with Crippen molar-refractivity contribution in [2.24, 2.45) is 0 Å². The summed E-state index contributed by atoms with van der Waals surface area (Å²) in [6, 6.07) is 6.87. The van der Waals surface area contributed by atoms with Gasteiger partial charge in [0, 0.05) is 0 Å². The monoisotopic (exact) mass is 358 g/mol. The number of benzene rings is 2. The molecule has 0 heterocycles. The Morgan fingerprint density at radius 1 is 0.654 bits per heavy atom. The molecule has 0 spiro atoms. The fourth-order valence-corrected chi connectivity index (χ4v) is 2.81. The van der Waals surface area contributed by atoms with E-state index in [1.807, 2.05) is 26.0 Å². The highest BCUT2D eigenvalue weighted by molar-refractivity contribution is 5.97. The third kappa shape index (κ3) is 3.49. The first-order chi connectivity index (χ1) is 12.4. The maximum absolute atomic E-state index is 12.1. The number of carbonyl (C=O) groups excluding carboxylic acids is 2. The molecular formula is C20H22O6. The summed E-state index contributed by atoms with van der Waals surface area (Å²) in [5.41, 5.74) is 3.69. The highest BCUT2D eigenvalue weighted by atomic mass is 16.5. The second kappa shape index (κ2) is 7.91. The first-order valence-electron chi connectivity index (χ1n) is 7.92. The second-order valence-corrected chi connectivity index (χ2v) is 5.68. The van der Waals surface area contributed by atoms with Gasteiger partial charge in [-0.05, 0) is 60.4 Å². The lowest BCUT2D eigenvalue weighted by Gasteiger charge is -2.17. The molecule has 138 valence electrons. The van der Waals surface area contributed by atoms with Gasteiger partial charge in [0.05, 0.1) is 39.6 Å². The number of rotatable bonds is 5. The van der Waals surface area contributed by atoms with E-state index in [0.717, 1.165) is 11.1 Å². The zero-order valence-electron chi connectivity index (χ0n) is 15.8. The van der Waals surface area contributed by atoms with Crippen molar-refractivity contribution in [2.45, 2.75) is 13.8 Å². The van der Waals surface area contributed by atoms with E-state index in [4.69, 9.17) is 18.9 Å². The largest absolute Gasteiger partial charge is 0.497 e. The molecule has 0 atom stereocenters. The van der Waals surface area contributed by atoms with Crippen LogP contribution in [-0.2, 0) is 9.47 Å². The predicted molar refractivity (Wildman–Crippen MR) is 97.1 cm³/mol. The number of methoxy groups -OCH3 is 4. The standard InChI is InChI=1S/C20H22O6/c1-11-15(7-13(23-3)9-17(11)19(21)25-5)16-8-14(24-4)10-18(12(16)2)20(22)26-6/h7-10H,1-6H3. The van der Waals surface area contributed by atoms with Gasteiger partial charge in [0.2, 0.25) is 0 Å². The highest BCUT2D eigenvalue weighted by Gasteiger charge is 2.21. The SMILES string of the molecule is COC(=O)c1cc(OC)cc(-c2cc(OC)cc(C(=O)OC)c2C)c1C. The van der Waals surface area contributed by atoms with Crippen LogP contribution in [0.5, 0.6) is 11.5 Å². The highest BCUT2D eigenvalue weighted by Crippen LogP contribution is 2.36. The minimum atomic E-state index is -0.462. The fourth-order valence-electron chi connectivity index (χ4n) is 2.81. The summed E-state index contributed by atoms with van der Waals surface area (Å²) >= 11 is 0. The molecule has 0 saturated heterocycles. The van der Waals surface area contributed by atoms with Crippen molar-refractivity contribution in [3.63, 3.8) is 0 Å². The Kier molecular flexibility index (Phi) is 5.87. The van der Waals surface area contributed by atoms with E-state index >= 15 is 0 Å². The zero-order chi connectivity index (χ0) is 19.4. The summed E-state index contributed by atoms with van der Waals surface area (Å²) in [4.78, 5) is 24.3. The Bertz CT molecular complexity index is 782. The van der Waals surface area contributed by atoms with E-state index < -0.39 is 11.9 Å². The number of esters is 2. The Balaban J connectivity index is 2.82. The molecule has 0 aliphatic heterocycles. The lowest BCUT2D eigenvalue weighted by atomic mass is 9.90. The molecular weight excluding hydrogens is 336 g/mol. The predicted octanol–water partition coefficient (Wildman–Crippen LogP) is 3.56. The Morgan fingerprint density at radius 3 is 1.27 bits per heavy atom. The summed E-state index contributed by atoms with van der Waals surface area (Å²) in [7, 11) is 5.70. The van der Waals surface area contributed by atoms with Gasteiger partial charge in [-0.15, -0.1) is 0 Å². The first-order valence-corrected chi connectivity index (χ1v) is 7.92. The molecule has 0 radical (unpaired) electrons. The number of hydrogen-bond acceptors (Lipinski definition) is 6. The minimum Gasteiger partial charge on any atom is -0.497 e. The maximum Gasteiger partial charge on any atom is 0.338 e. The van der Waals surface area contributed by atoms with Crippen LogP contribution in [0.4, 0.5) is 0 Å². The number of carbonyl (C=O) groups is 2. The van der Waals surface area contributed by atoms with Crippen LogP contribution in [0.15, 0.2) is 24.3 Å². The van der Waals surface area contributed by atoms with Crippen LogP contribution in [-0.4, -0.2) is 40.4 Å². The van der Waals surface area contributed by atoms with Gasteiger partial charge >= 0.3 is 11.9 Å². The zero-order valence-corrected chi connectivity index (χ0v) is 15.8. The van der Waals surface area contributed by atoms with Crippen molar-refractivity contribution >= 4 is 11.9 Å². The first kappa shape index (κ1) is 19.3. The van der Waals surface area contributed by atoms with Crippen molar-refractivity contribution in [3.05, 3.63) is 46.5 Å². The summed E-state index contributed by atoms with van der Waals surface area (Å²) < 4.78 is 20.4. The molecule has 2 aromatic carbocycles. The molecule has 0 aliphatic carbocycles. The average molecular weight is 358 g/mol. The summed E-state index contributed by atoms with van der Waals surface area (Å²) in [6.07, 6.45) is 0. The summed E-state index contributed by atoms with van der Waals surface area (Å²) in [5.74, 6) is 0.0912. The van der Waals surface area contributed by atoms with E-state index in [1.165, 1.54) is 28.4 Å².